The zero-order valence-corrected chi connectivity index (χ0v) is 10.3. The maximum atomic E-state index is 11.4. The number of carbonyl (C=O) groups excluding carboxylic acids is 1. The van der Waals surface area contributed by atoms with Crippen molar-refractivity contribution in [1.82, 2.24) is 25.4 Å². The minimum Gasteiger partial charge on any atom is -0.354 e. The lowest BCUT2D eigenvalue weighted by atomic mass is 10.2. The first-order valence-electron chi connectivity index (χ1n) is 5.61. The van der Waals surface area contributed by atoms with Gasteiger partial charge >= 0.3 is 0 Å². The summed E-state index contributed by atoms with van der Waals surface area (Å²) in [5.41, 5.74) is 2.28. The first kappa shape index (κ1) is 12.3. The van der Waals surface area contributed by atoms with Crippen molar-refractivity contribution >= 4 is 5.91 Å². The van der Waals surface area contributed by atoms with E-state index in [1.54, 1.807) is 36.4 Å². The molecule has 0 aliphatic rings. The van der Waals surface area contributed by atoms with E-state index in [0.29, 0.717) is 5.69 Å². The molecule has 2 heterocycles. The van der Waals surface area contributed by atoms with E-state index in [0.717, 1.165) is 17.8 Å². The Morgan fingerprint density at radius 3 is 2.94 bits per heavy atom. The summed E-state index contributed by atoms with van der Waals surface area (Å²) >= 11 is 0. The predicted octanol–water partition coefficient (Wildman–Crippen LogP) is 0.346. The maximum Gasteiger partial charge on any atom is 0.271 e. The van der Waals surface area contributed by atoms with Gasteiger partial charge in [-0.25, -0.2) is 4.68 Å². The van der Waals surface area contributed by atoms with E-state index in [-0.39, 0.29) is 5.91 Å². The molecule has 2 aromatic rings. The fourth-order valence-electron chi connectivity index (χ4n) is 1.62. The van der Waals surface area contributed by atoms with E-state index < -0.39 is 0 Å². The second-order valence-electron chi connectivity index (χ2n) is 3.81. The van der Waals surface area contributed by atoms with Gasteiger partial charge < -0.3 is 10.6 Å². The number of aromatic nitrogens is 3. The molecule has 1 amide bonds. The Kier molecular flexibility index (Phi) is 3.69. The SMILES string of the molecule is CNCc1cncc(-n2ccc(C(=O)NC)n2)c1. The molecule has 0 bridgehead atoms. The van der Waals surface area contributed by atoms with Crippen LogP contribution in [0.4, 0.5) is 0 Å². The Balaban J connectivity index is 2.28. The first-order valence-corrected chi connectivity index (χ1v) is 5.61. The average Bonchev–Trinajstić information content (AvgIpc) is 2.88. The number of rotatable bonds is 4. The Morgan fingerprint density at radius 2 is 2.22 bits per heavy atom. The molecule has 18 heavy (non-hydrogen) atoms. The Morgan fingerprint density at radius 1 is 1.39 bits per heavy atom. The minimum atomic E-state index is -0.201. The lowest BCUT2D eigenvalue weighted by molar-refractivity contribution is 0.0957. The van der Waals surface area contributed by atoms with Crippen LogP contribution in [0.1, 0.15) is 16.1 Å². The van der Waals surface area contributed by atoms with Gasteiger partial charge in [-0.1, -0.05) is 0 Å². The molecular formula is C12H15N5O. The van der Waals surface area contributed by atoms with Gasteiger partial charge in [0.25, 0.3) is 5.91 Å². The normalized spacial score (nSPS) is 10.3. The van der Waals surface area contributed by atoms with Crippen molar-refractivity contribution in [2.24, 2.45) is 0 Å². The molecule has 0 aliphatic heterocycles. The number of amides is 1. The molecule has 0 spiro atoms. The van der Waals surface area contributed by atoms with Crippen molar-refractivity contribution in [2.45, 2.75) is 6.54 Å². The van der Waals surface area contributed by atoms with Gasteiger partial charge in [0.1, 0.15) is 0 Å². The Labute approximate surface area is 105 Å². The van der Waals surface area contributed by atoms with Crippen LogP contribution in [0, 0.1) is 0 Å². The minimum absolute atomic E-state index is 0.201. The summed E-state index contributed by atoms with van der Waals surface area (Å²) < 4.78 is 1.64. The molecule has 0 aliphatic carbocycles. The molecule has 94 valence electrons. The zero-order chi connectivity index (χ0) is 13.0. The summed E-state index contributed by atoms with van der Waals surface area (Å²) in [4.78, 5) is 15.6. The van der Waals surface area contributed by atoms with Gasteiger partial charge in [0.2, 0.25) is 0 Å². The molecule has 0 aromatic carbocycles. The van der Waals surface area contributed by atoms with Gasteiger partial charge in [-0.05, 0) is 24.7 Å². The van der Waals surface area contributed by atoms with Crippen molar-refractivity contribution < 1.29 is 4.79 Å². The molecular weight excluding hydrogens is 230 g/mol. The predicted molar refractivity (Wildman–Crippen MR) is 67.5 cm³/mol. The number of nitrogens with zero attached hydrogens (tertiary/aromatic N) is 3. The average molecular weight is 245 g/mol. The number of nitrogens with one attached hydrogen (secondary N) is 2. The highest BCUT2D eigenvalue weighted by Crippen LogP contribution is 2.08. The van der Waals surface area contributed by atoms with Gasteiger partial charge in [0.15, 0.2) is 5.69 Å². The van der Waals surface area contributed by atoms with Crippen LogP contribution in [0.15, 0.2) is 30.7 Å². The third-order valence-corrected chi connectivity index (χ3v) is 2.47. The third-order valence-electron chi connectivity index (χ3n) is 2.47. The van der Waals surface area contributed by atoms with E-state index in [4.69, 9.17) is 0 Å². The molecule has 0 saturated heterocycles. The molecule has 0 saturated carbocycles. The van der Waals surface area contributed by atoms with Crippen LogP contribution in [-0.4, -0.2) is 34.8 Å². The molecule has 6 nitrogen and oxygen atoms in total. The van der Waals surface area contributed by atoms with Gasteiger partial charge in [-0.2, -0.15) is 5.10 Å². The summed E-state index contributed by atoms with van der Waals surface area (Å²) in [6.45, 7) is 0.740. The number of hydrogen-bond acceptors (Lipinski definition) is 4. The zero-order valence-electron chi connectivity index (χ0n) is 10.3. The van der Waals surface area contributed by atoms with Gasteiger partial charge in [0, 0.05) is 26.0 Å². The highest BCUT2D eigenvalue weighted by atomic mass is 16.1. The van der Waals surface area contributed by atoms with Crippen LogP contribution < -0.4 is 10.6 Å². The van der Waals surface area contributed by atoms with Crippen molar-refractivity contribution in [3.05, 3.63) is 42.0 Å². The molecule has 0 fully saturated rings. The van der Waals surface area contributed by atoms with Gasteiger partial charge in [-0.3, -0.25) is 9.78 Å². The third kappa shape index (κ3) is 2.54. The molecule has 0 radical (unpaired) electrons. The van der Waals surface area contributed by atoms with Crippen LogP contribution >= 0.6 is 0 Å². The highest BCUT2D eigenvalue weighted by molar-refractivity contribution is 5.91. The molecule has 2 N–H and O–H groups in total. The van der Waals surface area contributed by atoms with Crippen LogP contribution in [0.25, 0.3) is 5.69 Å². The summed E-state index contributed by atoms with van der Waals surface area (Å²) in [5, 5.41) is 9.80. The molecule has 0 unspecified atom stereocenters. The van der Waals surface area contributed by atoms with Crippen molar-refractivity contribution in [1.29, 1.82) is 0 Å². The fourth-order valence-corrected chi connectivity index (χ4v) is 1.62. The van der Waals surface area contributed by atoms with Crippen LogP contribution in [0.3, 0.4) is 0 Å². The second kappa shape index (κ2) is 5.42. The van der Waals surface area contributed by atoms with Crippen LogP contribution in [-0.2, 0) is 6.54 Å². The molecule has 6 heteroatoms. The number of carbonyl (C=O) groups is 1. The van der Waals surface area contributed by atoms with Gasteiger partial charge in [0.05, 0.1) is 11.9 Å². The molecule has 2 rings (SSSR count). The van der Waals surface area contributed by atoms with Gasteiger partial charge in [-0.15, -0.1) is 0 Å². The van der Waals surface area contributed by atoms with E-state index in [1.165, 1.54) is 0 Å². The fraction of sp³-hybridized carbons (Fsp3) is 0.250. The second-order valence-corrected chi connectivity index (χ2v) is 3.81. The topological polar surface area (TPSA) is 71.8 Å². The summed E-state index contributed by atoms with van der Waals surface area (Å²) in [6, 6.07) is 3.65. The smallest absolute Gasteiger partial charge is 0.271 e. The first-order chi connectivity index (χ1) is 8.74. The molecule has 0 atom stereocenters. The van der Waals surface area contributed by atoms with Crippen LogP contribution in [0.2, 0.25) is 0 Å². The Hall–Kier alpha value is -2.21. The van der Waals surface area contributed by atoms with Crippen LogP contribution in [0.5, 0.6) is 0 Å². The molecule has 2 aromatic heterocycles. The largest absolute Gasteiger partial charge is 0.354 e. The van der Waals surface area contributed by atoms with Crippen molar-refractivity contribution in [2.75, 3.05) is 14.1 Å². The summed E-state index contributed by atoms with van der Waals surface area (Å²) in [5.74, 6) is -0.201. The van der Waals surface area contributed by atoms with Crippen molar-refractivity contribution in [3.8, 4) is 5.69 Å². The van der Waals surface area contributed by atoms with E-state index >= 15 is 0 Å². The maximum absolute atomic E-state index is 11.4. The standard InChI is InChI=1S/C12H15N5O/c1-13-6-9-5-10(8-15-7-9)17-4-3-11(16-17)12(18)14-2/h3-5,7-8,13H,6H2,1-2H3,(H,14,18). The van der Waals surface area contributed by atoms with E-state index in [9.17, 15) is 4.79 Å². The lowest BCUT2D eigenvalue weighted by Crippen LogP contribution is -2.18. The quantitative estimate of drug-likeness (QED) is 0.815. The lowest BCUT2D eigenvalue weighted by Gasteiger charge is -2.04. The van der Waals surface area contributed by atoms with E-state index in [2.05, 4.69) is 20.7 Å². The number of hydrogen-bond donors (Lipinski definition) is 2. The highest BCUT2D eigenvalue weighted by Gasteiger charge is 2.08. The monoisotopic (exact) mass is 245 g/mol. The summed E-state index contributed by atoms with van der Waals surface area (Å²) in [7, 11) is 3.46. The Bertz CT molecular complexity index is 549. The summed E-state index contributed by atoms with van der Waals surface area (Å²) in [6.07, 6.45) is 5.24. The van der Waals surface area contributed by atoms with E-state index in [1.807, 2.05) is 13.1 Å². The number of pyridine rings is 1. The van der Waals surface area contributed by atoms with Crippen molar-refractivity contribution in [3.63, 3.8) is 0 Å².